The molecular formula is C27H23N3O4. The Bertz CT molecular complexity index is 1490. The number of para-hydroxylation sites is 2. The van der Waals surface area contributed by atoms with Gasteiger partial charge in [0.1, 0.15) is 6.54 Å². The number of benzene rings is 3. The van der Waals surface area contributed by atoms with E-state index in [-0.39, 0.29) is 24.5 Å². The van der Waals surface area contributed by atoms with Crippen molar-refractivity contribution in [1.29, 1.82) is 0 Å². The molecule has 2 aromatic heterocycles. The average Bonchev–Trinajstić information content (AvgIpc) is 3.34. The summed E-state index contributed by atoms with van der Waals surface area (Å²) in [5, 5.41) is 5.11. The Labute approximate surface area is 195 Å². The van der Waals surface area contributed by atoms with Gasteiger partial charge in [-0.15, -0.1) is 0 Å². The van der Waals surface area contributed by atoms with Crippen LogP contribution in [-0.4, -0.2) is 20.7 Å². The number of ether oxygens (including phenoxy) is 1. The van der Waals surface area contributed by atoms with Crippen molar-refractivity contribution >= 4 is 27.8 Å². The van der Waals surface area contributed by atoms with Gasteiger partial charge in [0.05, 0.1) is 11.0 Å². The molecule has 0 aliphatic carbocycles. The van der Waals surface area contributed by atoms with E-state index in [9.17, 15) is 9.59 Å². The quantitative estimate of drug-likeness (QED) is 0.263. The minimum atomic E-state index is -0.472. The van der Waals surface area contributed by atoms with E-state index in [4.69, 9.17) is 9.26 Å². The fraction of sp³-hybridized carbons (Fsp3) is 0.185. The van der Waals surface area contributed by atoms with Gasteiger partial charge in [0, 0.05) is 16.3 Å². The van der Waals surface area contributed by atoms with Gasteiger partial charge in [-0.3, -0.25) is 9.59 Å². The molecule has 0 amide bonds. The largest absolute Gasteiger partial charge is 0.454 e. The summed E-state index contributed by atoms with van der Waals surface area (Å²) in [4.78, 5) is 29.9. The third-order valence-electron chi connectivity index (χ3n) is 5.83. The summed E-state index contributed by atoms with van der Waals surface area (Å²) in [6, 6.07) is 22.4. The van der Waals surface area contributed by atoms with Gasteiger partial charge in [0.15, 0.2) is 12.0 Å². The smallest absolute Gasteiger partial charge is 0.326 e. The van der Waals surface area contributed by atoms with Crippen molar-refractivity contribution in [2.75, 3.05) is 0 Å². The molecule has 170 valence electrons. The SMILES string of the molecule is CC(C)c1ccc(-c2noc(COC(=O)Cn3c4ccccc4c(=O)c4ccccc43)n2)cc1. The third kappa shape index (κ3) is 4.08. The van der Waals surface area contributed by atoms with Crippen LogP contribution in [0.5, 0.6) is 0 Å². The van der Waals surface area contributed by atoms with Crippen molar-refractivity contribution in [2.45, 2.75) is 32.9 Å². The van der Waals surface area contributed by atoms with Gasteiger partial charge in [-0.25, -0.2) is 0 Å². The molecule has 0 aliphatic rings. The number of fused-ring (bicyclic) bond motifs is 2. The number of aromatic nitrogens is 3. The van der Waals surface area contributed by atoms with E-state index in [2.05, 4.69) is 24.0 Å². The summed E-state index contributed by atoms with van der Waals surface area (Å²) in [7, 11) is 0. The predicted molar refractivity (Wildman–Crippen MR) is 129 cm³/mol. The number of hydrogen-bond donors (Lipinski definition) is 0. The molecule has 0 spiro atoms. The van der Waals surface area contributed by atoms with Crippen LogP contribution < -0.4 is 5.43 Å². The van der Waals surface area contributed by atoms with Gasteiger partial charge in [-0.1, -0.05) is 67.5 Å². The number of rotatable bonds is 6. The van der Waals surface area contributed by atoms with Crippen molar-refractivity contribution < 1.29 is 14.1 Å². The van der Waals surface area contributed by atoms with Gasteiger partial charge >= 0.3 is 5.97 Å². The molecule has 0 unspecified atom stereocenters. The summed E-state index contributed by atoms with van der Waals surface area (Å²) < 4.78 is 12.5. The third-order valence-corrected chi connectivity index (χ3v) is 5.83. The number of pyridine rings is 1. The van der Waals surface area contributed by atoms with Crippen LogP contribution >= 0.6 is 0 Å². The van der Waals surface area contributed by atoms with Gasteiger partial charge in [0.25, 0.3) is 5.89 Å². The number of hydrogen-bond acceptors (Lipinski definition) is 6. The first-order chi connectivity index (χ1) is 16.5. The van der Waals surface area contributed by atoms with Crippen LogP contribution in [-0.2, 0) is 22.7 Å². The van der Waals surface area contributed by atoms with Crippen molar-refractivity contribution in [3.8, 4) is 11.4 Å². The highest BCUT2D eigenvalue weighted by Gasteiger charge is 2.15. The minimum Gasteiger partial charge on any atom is -0.454 e. The van der Waals surface area contributed by atoms with E-state index < -0.39 is 5.97 Å². The van der Waals surface area contributed by atoms with Crippen LogP contribution in [0, 0.1) is 0 Å². The van der Waals surface area contributed by atoms with E-state index in [1.165, 1.54) is 5.56 Å². The monoisotopic (exact) mass is 453 g/mol. The number of nitrogens with zero attached hydrogens (tertiary/aromatic N) is 3. The number of carbonyl (C=O) groups is 1. The maximum absolute atomic E-state index is 12.9. The van der Waals surface area contributed by atoms with E-state index in [1.54, 1.807) is 16.7 Å². The fourth-order valence-electron chi connectivity index (χ4n) is 4.01. The summed E-state index contributed by atoms with van der Waals surface area (Å²) in [5.41, 5.74) is 3.35. The highest BCUT2D eigenvalue weighted by atomic mass is 16.6. The number of carbonyl (C=O) groups excluding carboxylic acids is 1. The van der Waals surface area contributed by atoms with Gasteiger partial charge < -0.3 is 13.8 Å². The maximum atomic E-state index is 12.9. The van der Waals surface area contributed by atoms with Gasteiger partial charge in [-0.05, 0) is 35.7 Å². The van der Waals surface area contributed by atoms with Crippen molar-refractivity contribution in [3.63, 3.8) is 0 Å². The van der Waals surface area contributed by atoms with Crippen LogP contribution in [0.4, 0.5) is 0 Å². The molecule has 5 aromatic rings. The summed E-state index contributed by atoms with van der Waals surface area (Å²) in [6.07, 6.45) is 0. The first-order valence-corrected chi connectivity index (χ1v) is 11.1. The molecule has 7 heteroatoms. The second-order valence-corrected chi connectivity index (χ2v) is 8.40. The Morgan fingerprint density at radius 2 is 1.56 bits per heavy atom. The topological polar surface area (TPSA) is 87.2 Å². The molecule has 0 radical (unpaired) electrons. The predicted octanol–water partition coefficient (Wildman–Crippen LogP) is 5.07. The van der Waals surface area contributed by atoms with Gasteiger partial charge in [0.2, 0.25) is 5.82 Å². The maximum Gasteiger partial charge on any atom is 0.326 e. The zero-order chi connectivity index (χ0) is 23.7. The molecule has 5 rings (SSSR count). The molecular weight excluding hydrogens is 430 g/mol. The van der Waals surface area contributed by atoms with Crippen LogP contribution in [0.2, 0.25) is 0 Å². The molecule has 7 nitrogen and oxygen atoms in total. The van der Waals surface area contributed by atoms with Gasteiger partial charge in [-0.2, -0.15) is 4.98 Å². The molecule has 34 heavy (non-hydrogen) atoms. The van der Waals surface area contributed by atoms with Crippen molar-refractivity contribution in [3.05, 3.63) is 94.5 Å². The molecule has 0 atom stereocenters. The zero-order valence-corrected chi connectivity index (χ0v) is 18.9. The summed E-state index contributed by atoms with van der Waals surface area (Å²) >= 11 is 0. The van der Waals surface area contributed by atoms with Crippen molar-refractivity contribution in [1.82, 2.24) is 14.7 Å². The lowest BCUT2D eigenvalue weighted by atomic mass is 10.0. The second kappa shape index (κ2) is 8.94. The molecule has 2 heterocycles. The molecule has 0 saturated heterocycles. The first kappa shape index (κ1) is 21.6. The molecule has 0 bridgehead atoms. The number of esters is 1. The first-order valence-electron chi connectivity index (χ1n) is 11.1. The van der Waals surface area contributed by atoms with E-state index in [1.807, 2.05) is 60.7 Å². The van der Waals surface area contributed by atoms with Crippen LogP contribution in [0.1, 0.15) is 31.2 Å². The summed E-state index contributed by atoms with van der Waals surface area (Å²) in [5.74, 6) is 0.621. The average molecular weight is 453 g/mol. The van der Waals surface area contributed by atoms with E-state index in [0.29, 0.717) is 33.5 Å². The van der Waals surface area contributed by atoms with Crippen molar-refractivity contribution in [2.24, 2.45) is 0 Å². The standard InChI is InChI=1S/C27H23N3O4/c1-17(2)18-11-13-19(14-12-18)27-28-24(34-29-27)16-33-25(31)15-30-22-9-5-3-7-20(22)26(32)21-8-4-6-10-23(21)30/h3-14,17H,15-16H2,1-2H3. The van der Waals surface area contributed by atoms with Crippen LogP contribution in [0.3, 0.4) is 0 Å². The molecule has 3 aromatic carbocycles. The second-order valence-electron chi connectivity index (χ2n) is 8.40. The lowest BCUT2D eigenvalue weighted by Crippen LogP contribution is -2.18. The van der Waals surface area contributed by atoms with E-state index in [0.717, 1.165) is 5.56 Å². The summed E-state index contributed by atoms with van der Waals surface area (Å²) in [6.45, 7) is 4.08. The molecule has 0 fully saturated rings. The minimum absolute atomic E-state index is 0.0566. The molecule has 0 aliphatic heterocycles. The Morgan fingerprint density at radius 3 is 2.18 bits per heavy atom. The zero-order valence-electron chi connectivity index (χ0n) is 18.9. The Hall–Kier alpha value is -4.26. The lowest BCUT2D eigenvalue weighted by molar-refractivity contribution is -0.146. The Balaban J connectivity index is 1.34. The Morgan fingerprint density at radius 1 is 0.941 bits per heavy atom. The van der Waals surface area contributed by atoms with E-state index >= 15 is 0 Å². The normalized spacial score (nSPS) is 11.4. The highest BCUT2D eigenvalue weighted by Crippen LogP contribution is 2.21. The Kier molecular flexibility index (Phi) is 5.67. The highest BCUT2D eigenvalue weighted by molar-refractivity contribution is 5.94. The van der Waals surface area contributed by atoms with Crippen LogP contribution in [0.15, 0.2) is 82.1 Å². The van der Waals surface area contributed by atoms with Crippen LogP contribution in [0.25, 0.3) is 33.2 Å². The molecule has 0 N–H and O–H groups in total. The molecule has 0 saturated carbocycles. The fourth-order valence-corrected chi connectivity index (χ4v) is 4.01. The lowest BCUT2D eigenvalue weighted by Gasteiger charge is -2.14.